The van der Waals surface area contributed by atoms with Gasteiger partial charge in [0.05, 0.1) is 0 Å². The zero-order valence-electron chi connectivity index (χ0n) is 10.2. The number of nitrogens with zero attached hydrogens (tertiary/aromatic N) is 1. The van der Waals surface area contributed by atoms with Crippen LogP contribution in [-0.2, 0) is 4.74 Å². The minimum Gasteiger partial charge on any atom is -0.439 e. The van der Waals surface area contributed by atoms with E-state index < -0.39 is 12.2 Å². The molecule has 1 fully saturated rings. The lowest BCUT2D eigenvalue weighted by Gasteiger charge is -2.17. The van der Waals surface area contributed by atoms with Gasteiger partial charge in [0.25, 0.3) is 0 Å². The van der Waals surface area contributed by atoms with Crippen molar-refractivity contribution in [2.45, 2.75) is 12.1 Å². The van der Waals surface area contributed by atoms with Crippen LogP contribution in [0.5, 0.6) is 0 Å². The molecule has 20 heavy (non-hydrogen) atoms. The van der Waals surface area contributed by atoms with Crippen LogP contribution in [0.25, 0.3) is 0 Å². The number of nitrogens with one attached hydrogen (secondary N) is 1. The first-order chi connectivity index (χ1) is 9.63. The fourth-order valence-electron chi connectivity index (χ4n) is 2.19. The van der Waals surface area contributed by atoms with E-state index in [0.717, 1.165) is 15.6 Å². The number of hydrogen-bond acceptors (Lipinski definition) is 3. The highest BCUT2D eigenvalue weighted by atomic mass is 79.9. The molecule has 0 bridgehead atoms. The van der Waals surface area contributed by atoms with Crippen LogP contribution in [0.1, 0.15) is 23.3 Å². The van der Waals surface area contributed by atoms with E-state index in [4.69, 9.17) is 4.74 Å². The molecule has 1 saturated heterocycles. The van der Waals surface area contributed by atoms with E-state index in [9.17, 15) is 9.18 Å². The van der Waals surface area contributed by atoms with E-state index in [2.05, 4.69) is 26.2 Å². The van der Waals surface area contributed by atoms with Gasteiger partial charge in [0.1, 0.15) is 11.9 Å². The molecular formula is C14H10BrFN2O2. The predicted octanol–water partition coefficient (Wildman–Crippen LogP) is 3.51. The van der Waals surface area contributed by atoms with E-state index in [1.165, 1.54) is 12.1 Å². The molecule has 4 nitrogen and oxygen atoms in total. The highest BCUT2D eigenvalue weighted by molar-refractivity contribution is 9.10. The molecule has 1 N–H and O–H groups in total. The van der Waals surface area contributed by atoms with Crippen LogP contribution in [-0.4, -0.2) is 11.1 Å². The summed E-state index contributed by atoms with van der Waals surface area (Å²) in [5.41, 5.74) is 1.55. The Hall–Kier alpha value is -1.95. The number of alkyl carbamates (subject to hydrolysis) is 1. The smallest absolute Gasteiger partial charge is 0.408 e. The second-order valence-electron chi connectivity index (χ2n) is 4.44. The first kappa shape index (κ1) is 13.1. The Kier molecular flexibility index (Phi) is 3.40. The molecule has 0 radical (unpaired) electrons. The SMILES string of the molecule is O=C1N[C@H](c2cncc(Br)c2)[C@@H](c2ccc(F)cc2)O1. The molecule has 2 atom stereocenters. The molecular weight excluding hydrogens is 327 g/mol. The Morgan fingerprint density at radius 3 is 2.65 bits per heavy atom. The van der Waals surface area contributed by atoms with Gasteiger partial charge in [-0.1, -0.05) is 12.1 Å². The van der Waals surface area contributed by atoms with Crippen LogP contribution in [0, 0.1) is 5.82 Å². The zero-order valence-corrected chi connectivity index (χ0v) is 11.8. The van der Waals surface area contributed by atoms with Crippen LogP contribution < -0.4 is 5.32 Å². The topological polar surface area (TPSA) is 51.2 Å². The van der Waals surface area contributed by atoms with Crippen LogP contribution >= 0.6 is 15.9 Å². The van der Waals surface area contributed by atoms with E-state index in [0.29, 0.717) is 0 Å². The summed E-state index contributed by atoms with van der Waals surface area (Å²) in [6.45, 7) is 0. The summed E-state index contributed by atoms with van der Waals surface area (Å²) in [6, 6.07) is 7.42. The Balaban J connectivity index is 1.96. The van der Waals surface area contributed by atoms with Gasteiger partial charge in [0.2, 0.25) is 0 Å². The fraction of sp³-hybridized carbons (Fsp3) is 0.143. The van der Waals surface area contributed by atoms with E-state index in [1.54, 1.807) is 24.5 Å². The maximum absolute atomic E-state index is 13.0. The van der Waals surface area contributed by atoms with Gasteiger partial charge in [0, 0.05) is 16.9 Å². The normalized spacial score (nSPS) is 21.4. The molecule has 1 aromatic heterocycles. The van der Waals surface area contributed by atoms with Gasteiger partial charge in [0.15, 0.2) is 6.10 Å². The average molecular weight is 337 g/mol. The second-order valence-corrected chi connectivity index (χ2v) is 5.35. The molecule has 1 aliphatic rings. The number of cyclic esters (lactones) is 1. The zero-order chi connectivity index (χ0) is 14.1. The third-order valence-corrected chi connectivity index (χ3v) is 3.53. The third-order valence-electron chi connectivity index (χ3n) is 3.09. The molecule has 102 valence electrons. The van der Waals surface area contributed by atoms with Crippen molar-refractivity contribution in [1.29, 1.82) is 0 Å². The minimum atomic E-state index is -0.501. The predicted molar refractivity (Wildman–Crippen MR) is 73.4 cm³/mol. The number of carbonyl (C=O) groups excluding carboxylic acids is 1. The van der Waals surface area contributed by atoms with Crippen molar-refractivity contribution < 1.29 is 13.9 Å². The minimum absolute atomic E-state index is 0.327. The van der Waals surface area contributed by atoms with E-state index in [1.807, 2.05) is 6.07 Å². The maximum atomic E-state index is 13.0. The van der Waals surface area contributed by atoms with Crippen LogP contribution in [0.4, 0.5) is 9.18 Å². The first-order valence-electron chi connectivity index (χ1n) is 5.96. The molecule has 0 aliphatic carbocycles. The molecule has 2 aromatic rings. The lowest BCUT2D eigenvalue weighted by atomic mass is 9.98. The third kappa shape index (κ3) is 2.51. The summed E-state index contributed by atoms with van der Waals surface area (Å²) >= 11 is 3.34. The Morgan fingerprint density at radius 2 is 1.95 bits per heavy atom. The van der Waals surface area contributed by atoms with Crippen molar-refractivity contribution in [3.05, 3.63) is 64.1 Å². The van der Waals surface area contributed by atoms with Crippen molar-refractivity contribution >= 4 is 22.0 Å². The number of amides is 1. The van der Waals surface area contributed by atoms with Gasteiger partial charge in [-0.2, -0.15) is 0 Å². The van der Waals surface area contributed by atoms with Gasteiger partial charge in [-0.3, -0.25) is 4.98 Å². The average Bonchev–Trinajstić information content (AvgIpc) is 2.82. The van der Waals surface area contributed by atoms with Crippen molar-refractivity contribution in [3.63, 3.8) is 0 Å². The van der Waals surface area contributed by atoms with E-state index in [-0.39, 0.29) is 11.9 Å². The summed E-state index contributed by atoms with van der Waals surface area (Å²) < 4.78 is 19.1. The highest BCUT2D eigenvalue weighted by Crippen LogP contribution is 2.36. The number of halogens is 2. The quantitative estimate of drug-likeness (QED) is 0.912. The molecule has 1 aromatic carbocycles. The van der Waals surface area contributed by atoms with Crippen molar-refractivity contribution in [1.82, 2.24) is 10.3 Å². The first-order valence-corrected chi connectivity index (χ1v) is 6.76. The van der Waals surface area contributed by atoms with Crippen molar-refractivity contribution in [2.24, 2.45) is 0 Å². The van der Waals surface area contributed by atoms with Gasteiger partial charge < -0.3 is 10.1 Å². The number of carbonyl (C=O) groups is 1. The lowest BCUT2D eigenvalue weighted by molar-refractivity contribution is 0.132. The molecule has 6 heteroatoms. The fourth-order valence-corrected chi connectivity index (χ4v) is 2.57. The Labute approximate surface area is 123 Å². The molecule has 0 unspecified atom stereocenters. The Morgan fingerprint density at radius 1 is 1.20 bits per heavy atom. The summed E-state index contributed by atoms with van der Waals surface area (Å²) in [5, 5.41) is 2.74. The molecule has 1 aliphatic heterocycles. The van der Waals surface area contributed by atoms with Gasteiger partial charge in [-0.05, 0) is 45.3 Å². The number of aromatic nitrogens is 1. The lowest BCUT2D eigenvalue weighted by Crippen LogP contribution is -2.19. The van der Waals surface area contributed by atoms with Crippen LogP contribution in [0.15, 0.2) is 47.2 Å². The van der Waals surface area contributed by atoms with Crippen molar-refractivity contribution in [3.8, 4) is 0 Å². The Bertz CT molecular complexity index is 648. The number of hydrogen-bond donors (Lipinski definition) is 1. The van der Waals surface area contributed by atoms with Gasteiger partial charge in [-0.25, -0.2) is 9.18 Å². The number of rotatable bonds is 2. The van der Waals surface area contributed by atoms with Gasteiger partial charge in [-0.15, -0.1) is 0 Å². The maximum Gasteiger partial charge on any atom is 0.408 e. The molecule has 1 amide bonds. The molecule has 2 heterocycles. The summed E-state index contributed by atoms with van der Waals surface area (Å²) in [4.78, 5) is 15.6. The van der Waals surface area contributed by atoms with Gasteiger partial charge >= 0.3 is 6.09 Å². The second kappa shape index (κ2) is 5.20. The van der Waals surface area contributed by atoms with Crippen molar-refractivity contribution in [2.75, 3.05) is 0 Å². The molecule has 3 rings (SSSR count). The van der Waals surface area contributed by atoms with Crippen LogP contribution in [0.2, 0.25) is 0 Å². The number of benzene rings is 1. The highest BCUT2D eigenvalue weighted by Gasteiger charge is 2.36. The summed E-state index contributed by atoms with van der Waals surface area (Å²) in [7, 11) is 0. The number of ether oxygens (including phenoxy) is 1. The number of pyridine rings is 1. The standard InChI is InChI=1S/C14H10BrFN2O2/c15-10-5-9(6-17-7-10)12-13(20-14(19)18-12)8-1-3-11(16)4-2-8/h1-7,12-13H,(H,18,19)/t12-,13-/m1/s1. The van der Waals surface area contributed by atoms with Crippen LogP contribution in [0.3, 0.4) is 0 Å². The molecule has 0 saturated carbocycles. The van der Waals surface area contributed by atoms with E-state index >= 15 is 0 Å². The summed E-state index contributed by atoms with van der Waals surface area (Å²) in [6.07, 6.45) is 2.33. The monoisotopic (exact) mass is 336 g/mol. The molecule has 0 spiro atoms. The largest absolute Gasteiger partial charge is 0.439 e. The summed E-state index contributed by atoms with van der Waals surface area (Å²) in [5.74, 6) is -0.327.